The van der Waals surface area contributed by atoms with Crippen LogP contribution in [0.4, 0.5) is 4.79 Å². The molecule has 0 spiro atoms. The van der Waals surface area contributed by atoms with Crippen molar-refractivity contribution in [2.45, 2.75) is 64.6 Å². The maximum atomic E-state index is 11.6. The molecule has 0 saturated heterocycles. The van der Waals surface area contributed by atoms with Crippen LogP contribution in [0.2, 0.25) is 0 Å². The molecule has 1 rings (SSSR count). The fourth-order valence-electron chi connectivity index (χ4n) is 2.03. The summed E-state index contributed by atoms with van der Waals surface area (Å²) >= 11 is 0. The minimum Gasteiger partial charge on any atom is -0.444 e. The van der Waals surface area contributed by atoms with E-state index in [9.17, 15) is 9.59 Å². The van der Waals surface area contributed by atoms with Crippen LogP contribution in [0.15, 0.2) is 0 Å². The molecular formula is C12H22N2O3. The average Bonchev–Trinajstić information content (AvgIpc) is 2.47. The summed E-state index contributed by atoms with van der Waals surface area (Å²) in [5, 5.41) is 5.67. The normalized spacial score (nSPS) is 24.2. The number of amides is 2. The van der Waals surface area contributed by atoms with Crippen molar-refractivity contribution in [2.24, 2.45) is 0 Å². The first-order valence-corrected chi connectivity index (χ1v) is 6.04. The molecule has 98 valence electrons. The number of hydrogen-bond donors (Lipinski definition) is 2. The Labute approximate surface area is 102 Å². The molecule has 0 heterocycles. The van der Waals surface area contributed by atoms with Gasteiger partial charge in [-0.15, -0.1) is 0 Å². The standard InChI is InChI=1S/C12H22N2O3/c1-8(15)13-9-6-5-7-10(9)14-11(16)17-12(2,3)4/h9-10H,5-7H2,1-4H3,(H,13,15)(H,14,16). The van der Waals surface area contributed by atoms with Gasteiger partial charge in [0.25, 0.3) is 0 Å². The molecular weight excluding hydrogens is 220 g/mol. The Balaban J connectivity index is 2.44. The lowest BCUT2D eigenvalue weighted by Crippen LogP contribution is -2.49. The zero-order valence-electron chi connectivity index (χ0n) is 11.0. The second kappa shape index (κ2) is 5.38. The molecule has 0 bridgehead atoms. The lowest BCUT2D eigenvalue weighted by Gasteiger charge is -2.25. The average molecular weight is 242 g/mol. The first-order valence-electron chi connectivity index (χ1n) is 6.04. The number of rotatable bonds is 2. The Morgan fingerprint density at radius 2 is 1.65 bits per heavy atom. The van der Waals surface area contributed by atoms with Crippen LogP contribution in [0.1, 0.15) is 47.0 Å². The second-order valence-electron chi connectivity index (χ2n) is 5.49. The van der Waals surface area contributed by atoms with Crippen molar-refractivity contribution in [2.75, 3.05) is 0 Å². The van der Waals surface area contributed by atoms with Crippen LogP contribution in [0.3, 0.4) is 0 Å². The van der Waals surface area contributed by atoms with E-state index in [4.69, 9.17) is 4.74 Å². The van der Waals surface area contributed by atoms with Gasteiger partial charge in [0.1, 0.15) is 5.60 Å². The number of ether oxygens (including phenoxy) is 1. The van der Waals surface area contributed by atoms with Crippen LogP contribution in [-0.4, -0.2) is 29.7 Å². The summed E-state index contributed by atoms with van der Waals surface area (Å²) in [6.45, 7) is 6.97. The van der Waals surface area contributed by atoms with Crippen LogP contribution >= 0.6 is 0 Å². The monoisotopic (exact) mass is 242 g/mol. The van der Waals surface area contributed by atoms with Gasteiger partial charge in [0.15, 0.2) is 0 Å². The summed E-state index contributed by atoms with van der Waals surface area (Å²) in [7, 11) is 0. The Hall–Kier alpha value is -1.26. The van der Waals surface area contributed by atoms with Crippen molar-refractivity contribution in [3.63, 3.8) is 0 Å². The SMILES string of the molecule is CC(=O)NC1CCCC1NC(=O)OC(C)(C)C. The zero-order chi connectivity index (χ0) is 13.1. The number of nitrogens with one attached hydrogen (secondary N) is 2. The van der Waals surface area contributed by atoms with E-state index in [2.05, 4.69) is 10.6 Å². The van der Waals surface area contributed by atoms with Gasteiger partial charge in [0, 0.05) is 13.0 Å². The highest BCUT2D eigenvalue weighted by Crippen LogP contribution is 2.19. The Morgan fingerprint density at radius 3 is 2.12 bits per heavy atom. The molecule has 2 unspecified atom stereocenters. The van der Waals surface area contributed by atoms with Gasteiger partial charge in [0.2, 0.25) is 5.91 Å². The fraction of sp³-hybridized carbons (Fsp3) is 0.833. The number of alkyl carbamates (subject to hydrolysis) is 1. The van der Waals surface area contributed by atoms with E-state index in [-0.39, 0.29) is 18.0 Å². The largest absolute Gasteiger partial charge is 0.444 e. The quantitative estimate of drug-likeness (QED) is 0.772. The summed E-state index contributed by atoms with van der Waals surface area (Å²) in [6, 6.07) is 0.00812. The van der Waals surface area contributed by atoms with Crippen LogP contribution < -0.4 is 10.6 Å². The molecule has 2 amide bonds. The highest BCUT2D eigenvalue weighted by Gasteiger charge is 2.30. The van der Waals surface area contributed by atoms with Gasteiger partial charge in [-0.05, 0) is 40.0 Å². The number of carbonyl (C=O) groups excluding carboxylic acids is 2. The molecule has 1 fully saturated rings. The maximum absolute atomic E-state index is 11.6. The van der Waals surface area contributed by atoms with Gasteiger partial charge >= 0.3 is 6.09 Å². The summed E-state index contributed by atoms with van der Waals surface area (Å²) in [6.07, 6.45) is 2.37. The molecule has 5 nitrogen and oxygen atoms in total. The zero-order valence-corrected chi connectivity index (χ0v) is 11.0. The van der Waals surface area contributed by atoms with Gasteiger partial charge in [-0.25, -0.2) is 4.79 Å². The highest BCUT2D eigenvalue weighted by molar-refractivity contribution is 5.73. The van der Waals surface area contributed by atoms with E-state index in [1.807, 2.05) is 20.8 Å². The van der Waals surface area contributed by atoms with Crippen LogP contribution in [0.5, 0.6) is 0 Å². The summed E-state index contributed by atoms with van der Waals surface area (Å²) in [5.41, 5.74) is -0.494. The number of hydrogen-bond acceptors (Lipinski definition) is 3. The fourth-order valence-corrected chi connectivity index (χ4v) is 2.03. The molecule has 2 N–H and O–H groups in total. The van der Waals surface area contributed by atoms with Gasteiger partial charge in [-0.2, -0.15) is 0 Å². The summed E-state index contributed by atoms with van der Waals surface area (Å²) in [4.78, 5) is 22.6. The topological polar surface area (TPSA) is 67.4 Å². The van der Waals surface area contributed by atoms with E-state index in [1.54, 1.807) is 0 Å². The third-order valence-corrected chi connectivity index (χ3v) is 2.61. The molecule has 0 aromatic rings. The lowest BCUT2D eigenvalue weighted by atomic mass is 10.1. The predicted octanol–water partition coefficient (Wildman–Crippen LogP) is 1.57. The Bertz CT molecular complexity index is 297. The van der Waals surface area contributed by atoms with Crippen LogP contribution in [0, 0.1) is 0 Å². The summed E-state index contributed by atoms with van der Waals surface area (Å²) < 4.78 is 5.19. The highest BCUT2D eigenvalue weighted by atomic mass is 16.6. The van der Waals surface area contributed by atoms with Crippen molar-refractivity contribution in [1.29, 1.82) is 0 Å². The third kappa shape index (κ3) is 5.06. The minimum atomic E-state index is -0.494. The first-order chi connectivity index (χ1) is 7.78. The maximum Gasteiger partial charge on any atom is 0.407 e. The van der Waals surface area contributed by atoms with Crippen LogP contribution in [0.25, 0.3) is 0 Å². The Kier molecular flexibility index (Phi) is 4.37. The minimum absolute atomic E-state index is 0.0197. The van der Waals surface area contributed by atoms with E-state index in [1.165, 1.54) is 6.92 Å². The third-order valence-electron chi connectivity index (χ3n) is 2.61. The van der Waals surface area contributed by atoms with E-state index in [0.717, 1.165) is 19.3 Å². The van der Waals surface area contributed by atoms with E-state index < -0.39 is 11.7 Å². The molecule has 5 heteroatoms. The summed E-state index contributed by atoms with van der Waals surface area (Å²) in [5.74, 6) is -0.0621. The van der Waals surface area contributed by atoms with Crippen molar-refractivity contribution in [1.82, 2.24) is 10.6 Å². The van der Waals surface area contributed by atoms with Gasteiger partial charge in [-0.3, -0.25) is 4.79 Å². The number of carbonyl (C=O) groups is 2. The molecule has 1 saturated carbocycles. The van der Waals surface area contributed by atoms with E-state index >= 15 is 0 Å². The molecule has 0 aromatic heterocycles. The molecule has 0 radical (unpaired) electrons. The van der Waals surface area contributed by atoms with Crippen molar-refractivity contribution in [3.05, 3.63) is 0 Å². The van der Waals surface area contributed by atoms with Crippen LogP contribution in [-0.2, 0) is 9.53 Å². The lowest BCUT2D eigenvalue weighted by molar-refractivity contribution is -0.119. The van der Waals surface area contributed by atoms with Crippen molar-refractivity contribution in [3.8, 4) is 0 Å². The molecule has 0 aromatic carbocycles. The van der Waals surface area contributed by atoms with Gasteiger partial charge < -0.3 is 15.4 Å². The Morgan fingerprint density at radius 1 is 1.12 bits per heavy atom. The van der Waals surface area contributed by atoms with Crippen molar-refractivity contribution >= 4 is 12.0 Å². The van der Waals surface area contributed by atoms with E-state index in [0.29, 0.717) is 0 Å². The molecule has 0 aliphatic heterocycles. The van der Waals surface area contributed by atoms with Gasteiger partial charge in [-0.1, -0.05) is 0 Å². The van der Waals surface area contributed by atoms with Gasteiger partial charge in [0.05, 0.1) is 6.04 Å². The molecule has 17 heavy (non-hydrogen) atoms. The smallest absolute Gasteiger partial charge is 0.407 e. The molecule has 2 atom stereocenters. The predicted molar refractivity (Wildman–Crippen MR) is 64.6 cm³/mol. The van der Waals surface area contributed by atoms with Crippen molar-refractivity contribution < 1.29 is 14.3 Å². The molecule has 1 aliphatic carbocycles. The molecule has 1 aliphatic rings. The second-order valence-corrected chi connectivity index (χ2v) is 5.49. The first kappa shape index (κ1) is 13.8.